The number of hydrogen-bond donors (Lipinski definition) is 1. The maximum absolute atomic E-state index is 13.0. The Balaban J connectivity index is 1.69. The molecule has 2 N–H and O–H groups in total. The number of piperazine rings is 1. The van der Waals surface area contributed by atoms with Crippen LogP contribution in [0.2, 0.25) is 0 Å². The molecule has 11 heteroatoms. The van der Waals surface area contributed by atoms with Crippen molar-refractivity contribution in [3.8, 4) is 0 Å². The topological polar surface area (TPSA) is 118 Å². The van der Waals surface area contributed by atoms with Gasteiger partial charge in [-0.15, -0.1) is 0 Å². The normalized spacial score (nSPS) is 16.1. The molecule has 28 heavy (non-hydrogen) atoms. The second kappa shape index (κ2) is 7.59. The fourth-order valence-electron chi connectivity index (χ4n) is 2.86. The van der Waals surface area contributed by atoms with Crippen LogP contribution in [0.4, 0.5) is 4.39 Å². The lowest BCUT2D eigenvalue weighted by atomic mass is 10.2. The van der Waals surface area contributed by atoms with E-state index in [1.165, 1.54) is 45.6 Å². The number of benzene rings is 2. The largest absolute Gasteiger partial charge is 0.336 e. The van der Waals surface area contributed by atoms with E-state index in [2.05, 4.69) is 0 Å². The standard InChI is InChI=1S/C17H18FN3O5S2/c18-14-3-1-13(2-4-14)17(22)20-9-11-21(12-10-20)28(25,26)16-7-5-15(6-8-16)27(19,23)24/h1-8H,9-12H2,(H2,19,23,24). The molecule has 2 aromatic rings. The predicted octanol–water partition coefficient (Wildman–Crippen LogP) is 0.620. The van der Waals surface area contributed by atoms with Gasteiger partial charge in [0.15, 0.2) is 0 Å². The first-order chi connectivity index (χ1) is 13.1. The van der Waals surface area contributed by atoms with Gasteiger partial charge in [-0.1, -0.05) is 0 Å². The third-order valence-corrected chi connectivity index (χ3v) is 7.25. The number of sulfonamides is 2. The van der Waals surface area contributed by atoms with Crippen molar-refractivity contribution in [3.05, 3.63) is 59.9 Å². The molecule has 0 radical (unpaired) electrons. The molecule has 150 valence electrons. The Morgan fingerprint density at radius 3 is 1.82 bits per heavy atom. The van der Waals surface area contributed by atoms with E-state index in [1.54, 1.807) is 0 Å². The van der Waals surface area contributed by atoms with Crippen molar-refractivity contribution in [2.75, 3.05) is 26.2 Å². The molecule has 2 aromatic carbocycles. The van der Waals surface area contributed by atoms with Crippen LogP contribution in [-0.2, 0) is 20.0 Å². The Hall–Kier alpha value is -2.34. The van der Waals surface area contributed by atoms with Crippen molar-refractivity contribution in [3.63, 3.8) is 0 Å². The van der Waals surface area contributed by atoms with Crippen LogP contribution >= 0.6 is 0 Å². The Morgan fingerprint density at radius 2 is 1.32 bits per heavy atom. The van der Waals surface area contributed by atoms with Gasteiger partial charge >= 0.3 is 0 Å². The number of hydrogen-bond acceptors (Lipinski definition) is 5. The van der Waals surface area contributed by atoms with E-state index in [4.69, 9.17) is 5.14 Å². The van der Waals surface area contributed by atoms with Crippen molar-refractivity contribution >= 4 is 26.0 Å². The van der Waals surface area contributed by atoms with Crippen molar-refractivity contribution < 1.29 is 26.0 Å². The van der Waals surface area contributed by atoms with Crippen molar-refractivity contribution in [2.45, 2.75) is 9.79 Å². The smallest absolute Gasteiger partial charge is 0.253 e. The number of amides is 1. The first-order valence-electron chi connectivity index (χ1n) is 8.27. The molecule has 0 unspecified atom stereocenters. The summed E-state index contributed by atoms with van der Waals surface area (Å²) in [6.07, 6.45) is 0. The molecule has 0 atom stereocenters. The van der Waals surface area contributed by atoms with Crippen molar-refractivity contribution in [2.24, 2.45) is 5.14 Å². The first-order valence-corrected chi connectivity index (χ1v) is 11.3. The molecule has 1 amide bonds. The average Bonchev–Trinajstić information content (AvgIpc) is 2.67. The van der Waals surface area contributed by atoms with Gasteiger partial charge in [-0.05, 0) is 48.5 Å². The molecule has 0 bridgehead atoms. The summed E-state index contributed by atoms with van der Waals surface area (Å²) in [5, 5.41) is 5.01. The van der Waals surface area contributed by atoms with Gasteiger partial charge in [-0.25, -0.2) is 26.4 Å². The number of rotatable bonds is 4. The van der Waals surface area contributed by atoms with Gasteiger partial charge in [0.05, 0.1) is 9.79 Å². The summed E-state index contributed by atoms with van der Waals surface area (Å²) in [5.74, 6) is -0.740. The van der Waals surface area contributed by atoms with Gasteiger partial charge < -0.3 is 4.90 Å². The molecule has 1 saturated heterocycles. The monoisotopic (exact) mass is 427 g/mol. The summed E-state index contributed by atoms with van der Waals surface area (Å²) in [4.78, 5) is 13.7. The first kappa shape index (κ1) is 20.4. The van der Waals surface area contributed by atoms with E-state index in [0.717, 1.165) is 12.1 Å². The van der Waals surface area contributed by atoms with Gasteiger partial charge in [0.2, 0.25) is 20.0 Å². The summed E-state index contributed by atoms with van der Waals surface area (Å²) < 4.78 is 62.3. The highest BCUT2D eigenvalue weighted by Crippen LogP contribution is 2.20. The Morgan fingerprint density at radius 1 is 0.821 bits per heavy atom. The Bertz CT molecular complexity index is 1080. The Kier molecular flexibility index (Phi) is 5.53. The van der Waals surface area contributed by atoms with Gasteiger partial charge in [0.1, 0.15) is 5.82 Å². The number of carbonyl (C=O) groups excluding carboxylic acids is 1. The number of nitrogens with two attached hydrogens (primary N) is 1. The van der Waals surface area contributed by atoms with Crippen molar-refractivity contribution in [1.82, 2.24) is 9.21 Å². The molecular weight excluding hydrogens is 409 g/mol. The maximum atomic E-state index is 13.0. The van der Waals surface area contributed by atoms with Gasteiger partial charge in [-0.2, -0.15) is 4.31 Å². The second-order valence-corrected chi connectivity index (χ2v) is 9.72. The van der Waals surface area contributed by atoms with Crippen LogP contribution in [0.15, 0.2) is 58.3 Å². The summed E-state index contributed by atoms with van der Waals surface area (Å²) >= 11 is 0. The lowest BCUT2D eigenvalue weighted by Crippen LogP contribution is -2.50. The molecule has 0 saturated carbocycles. The van der Waals surface area contributed by atoms with Crippen LogP contribution in [0.1, 0.15) is 10.4 Å². The van der Waals surface area contributed by atoms with E-state index >= 15 is 0 Å². The van der Waals surface area contributed by atoms with Crippen LogP contribution in [0.3, 0.4) is 0 Å². The summed E-state index contributed by atoms with van der Waals surface area (Å²) in [6.45, 7) is 0.549. The second-order valence-electron chi connectivity index (χ2n) is 6.22. The van der Waals surface area contributed by atoms with Gasteiger partial charge in [0.25, 0.3) is 5.91 Å². The van der Waals surface area contributed by atoms with Crippen LogP contribution in [0.5, 0.6) is 0 Å². The third kappa shape index (κ3) is 4.22. The molecule has 8 nitrogen and oxygen atoms in total. The molecule has 1 heterocycles. The highest BCUT2D eigenvalue weighted by molar-refractivity contribution is 7.89. The highest BCUT2D eigenvalue weighted by atomic mass is 32.2. The fourth-order valence-corrected chi connectivity index (χ4v) is 4.79. The quantitative estimate of drug-likeness (QED) is 0.768. The van der Waals surface area contributed by atoms with Crippen LogP contribution in [0, 0.1) is 5.82 Å². The number of carbonyl (C=O) groups is 1. The summed E-state index contributed by atoms with van der Waals surface area (Å²) in [5.41, 5.74) is 0.330. The molecule has 1 aliphatic heterocycles. The van der Waals surface area contributed by atoms with E-state index in [9.17, 15) is 26.0 Å². The maximum Gasteiger partial charge on any atom is 0.253 e. The predicted molar refractivity (Wildman–Crippen MR) is 98.9 cm³/mol. The summed E-state index contributed by atoms with van der Waals surface area (Å²) in [7, 11) is -7.75. The minimum atomic E-state index is -3.91. The molecule has 1 fully saturated rings. The molecule has 0 aromatic heterocycles. The van der Waals surface area contributed by atoms with Crippen molar-refractivity contribution in [1.29, 1.82) is 0 Å². The zero-order chi connectivity index (χ0) is 20.5. The van der Waals surface area contributed by atoms with Gasteiger partial charge in [-0.3, -0.25) is 4.79 Å². The molecule has 3 rings (SSSR count). The van der Waals surface area contributed by atoms with Gasteiger partial charge in [0, 0.05) is 31.7 Å². The van der Waals surface area contributed by atoms with Crippen LogP contribution in [-0.4, -0.2) is 58.1 Å². The zero-order valence-corrected chi connectivity index (χ0v) is 16.3. The lowest BCUT2D eigenvalue weighted by molar-refractivity contribution is 0.0698. The fraction of sp³-hybridized carbons (Fsp3) is 0.235. The minimum absolute atomic E-state index is 0.0572. The molecule has 1 aliphatic rings. The average molecular weight is 427 g/mol. The highest BCUT2D eigenvalue weighted by Gasteiger charge is 2.30. The van der Waals surface area contributed by atoms with E-state index in [-0.39, 0.29) is 41.9 Å². The van der Waals surface area contributed by atoms with E-state index < -0.39 is 25.9 Å². The molecule has 0 spiro atoms. The number of primary sulfonamides is 1. The van der Waals surface area contributed by atoms with E-state index in [1.807, 2.05) is 0 Å². The lowest BCUT2D eigenvalue weighted by Gasteiger charge is -2.34. The third-order valence-electron chi connectivity index (χ3n) is 4.41. The summed E-state index contributed by atoms with van der Waals surface area (Å²) in [6, 6.07) is 9.79. The number of halogens is 1. The molecule has 0 aliphatic carbocycles. The van der Waals surface area contributed by atoms with E-state index in [0.29, 0.717) is 5.56 Å². The zero-order valence-electron chi connectivity index (χ0n) is 14.7. The number of nitrogens with zero attached hydrogens (tertiary/aromatic N) is 2. The van der Waals surface area contributed by atoms with Crippen LogP contribution in [0.25, 0.3) is 0 Å². The Labute approximate surface area is 162 Å². The SMILES string of the molecule is NS(=O)(=O)c1ccc(S(=O)(=O)N2CCN(C(=O)c3ccc(F)cc3)CC2)cc1. The minimum Gasteiger partial charge on any atom is -0.336 e. The van der Waals surface area contributed by atoms with Crippen LogP contribution < -0.4 is 5.14 Å². The molecular formula is C17H18FN3O5S2.